The molecule has 1 aliphatic heterocycles. The molecule has 3 N–H and O–H groups in total. The van der Waals surface area contributed by atoms with Crippen LogP contribution in [0.3, 0.4) is 0 Å². The van der Waals surface area contributed by atoms with E-state index in [-0.39, 0.29) is 18.2 Å². The van der Waals surface area contributed by atoms with Gasteiger partial charge in [-0.1, -0.05) is 48.0 Å². The van der Waals surface area contributed by atoms with Crippen molar-refractivity contribution in [3.05, 3.63) is 101 Å². The molecule has 39 heavy (non-hydrogen) atoms. The molecule has 0 unspecified atom stereocenters. The first-order valence-electron chi connectivity index (χ1n) is 12.2. The number of anilines is 2. The minimum atomic E-state index is -0.867. The van der Waals surface area contributed by atoms with Gasteiger partial charge >= 0.3 is 0 Å². The van der Waals surface area contributed by atoms with Crippen LogP contribution in [0.25, 0.3) is 11.8 Å². The van der Waals surface area contributed by atoms with E-state index < -0.39 is 11.9 Å². The number of fused-ring (bicyclic) bond motifs is 1. The Morgan fingerprint density at radius 2 is 1.92 bits per heavy atom. The third kappa shape index (κ3) is 6.55. The zero-order chi connectivity index (χ0) is 27.2. The number of benzene rings is 3. The molecular formula is C28H24ClN7O3. The molecule has 1 atom stereocenters. The van der Waals surface area contributed by atoms with Gasteiger partial charge in [0.2, 0.25) is 17.7 Å². The lowest BCUT2D eigenvalue weighted by atomic mass is 10.0. The van der Waals surface area contributed by atoms with E-state index >= 15 is 0 Å². The molecule has 196 valence electrons. The maximum atomic E-state index is 13.3. The van der Waals surface area contributed by atoms with Crippen molar-refractivity contribution in [1.82, 2.24) is 25.5 Å². The van der Waals surface area contributed by atoms with E-state index in [4.69, 9.17) is 11.6 Å². The molecule has 0 saturated carbocycles. The molecule has 2 heterocycles. The van der Waals surface area contributed by atoms with Gasteiger partial charge in [0, 0.05) is 40.9 Å². The summed E-state index contributed by atoms with van der Waals surface area (Å²) in [7, 11) is 0. The number of nitrogens with zero attached hydrogens (tertiary/aromatic N) is 4. The molecule has 5 rings (SSSR count). The Morgan fingerprint density at radius 3 is 2.72 bits per heavy atom. The van der Waals surface area contributed by atoms with Crippen LogP contribution in [0, 0.1) is 0 Å². The van der Waals surface area contributed by atoms with E-state index in [2.05, 4.69) is 31.5 Å². The number of halogens is 1. The number of hydrogen-bond acceptors (Lipinski definition) is 6. The molecule has 0 fully saturated rings. The maximum Gasteiger partial charge on any atom is 0.247 e. The minimum absolute atomic E-state index is 0.0603. The lowest BCUT2D eigenvalue weighted by Crippen LogP contribution is -2.44. The van der Waals surface area contributed by atoms with E-state index in [0.717, 1.165) is 11.1 Å². The van der Waals surface area contributed by atoms with Gasteiger partial charge in [-0.05, 0) is 64.4 Å². The van der Waals surface area contributed by atoms with Gasteiger partial charge in [0.25, 0.3) is 0 Å². The van der Waals surface area contributed by atoms with Crippen LogP contribution in [-0.4, -0.2) is 44.0 Å². The average Bonchev–Trinajstić information content (AvgIpc) is 3.47. The highest BCUT2D eigenvalue weighted by atomic mass is 35.5. The second-order valence-corrected chi connectivity index (χ2v) is 9.39. The molecule has 0 saturated heterocycles. The average molecular weight is 542 g/mol. The van der Waals surface area contributed by atoms with Crippen LogP contribution in [0.2, 0.25) is 5.02 Å². The van der Waals surface area contributed by atoms with Crippen LogP contribution in [0.1, 0.15) is 23.1 Å². The highest BCUT2D eigenvalue weighted by Gasteiger charge is 2.22. The van der Waals surface area contributed by atoms with Crippen molar-refractivity contribution < 1.29 is 14.4 Å². The monoisotopic (exact) mass is 541 g/mol. The molecule has 3 amide bonds. The van der Waals surface area contributed by atoms with E-state index in [1.165, 1.54) is 17.1 Å². The number of nitrogens with one attached hydrogen (secondary N) is 3. The Morgan fingerprint density at radius 1 is 1.08 bits per heavy atom. The summed E-state index contributed by atoms with van der Waals surface area (Å²) in [5.41, 5.74) is 4.34. The number of carbonyl (C=O) groups excluding carboxylic acids is 3. The first-order valence-corrected chi connectivity index (χ1v) is 12.6. The van der Waals surface area contributed by atoms with Crippen molar-refractivity contribution in [2.24, 2.45) is 0 Å². The number of aromatic nitrogens is 4. The van der Waals surface area contributed by atoms with Crippen molar-refractivity contribution in [2.75, 3.05) is 10.6 Å². The fraction of sp³-hybridized carbons (Fsp3) is 0.143. The van der Waals surface area contributed by atoms with Crippen LogP contribution in [0.5, 0.6) is 0 Å². The lowest BCUT2D eigenvalue weighted by molar-refractivity contribution is -0.123. The number of amides is 3. The molecule has 0 aliphatic carbocycles. The highest BCUT2D eigenvalue weighted by Crippen LogP contribution is 2.26. The first kappa shape index (κ1) is 25.8. The zero-order valence-electron chi connectivity index (χ0n) is 20.7. The second-order valence-electron chi connectivity index (χ2n) is 8.95. The van der Waals surface area contributed by atoms with Gasteiger partial charge < -0.3 is 16.0 Å². The second kappa shape index (κ2) is 11.7. The van der Waals surface area contributed by atoms with E-state index in [1.54, 1.807) is 36.4 Å². The summed E-state index contributed by atoms with van der Waals surface area (Å²) in [5.74, 6) is -0.916. The van der Waals surface area contributed by atoms with E-state index in [1.807, 2.05) is 36.4 Å². The topological polar surface area (TPSA) is 131 Å². The highest BCUT2D eigenvalue weighted by molar-refractivity contribution is 6.30. The van der Waals surface area contributed by atoms with Crippen molar-refractivity contribution >= 4 is 46.8 Å². The summed E-state index contributed by atoms with van der Waals surface area (Å²) in [5, 5.41) is 20.2. The maximum absolute atomic E-state index is 13.3. The van der Waals surface area contributed by atoms with Crippen LogP contribution in [0.4, 0.5) is 11.4 Å². The Labute approximate surface area is 229 Å². The SMILES string of the molecule is O=C(C=Cc1cc(Cl)ccc1-n1cnnn1)N[C@@H](Cc1ccccc1)C(=O)Nc1ccc2c(c1)NC(=O)CC2. The number of hydrogen-bond donors (Lipinski definition) is 3. The molecular weight excluding hydrogens is 518 g/mol. The van der Waals surface area contributed by atoms with Crippen LogP contribution in [0.15, 0.2) is 79.1 Å². The molecule has 3 aromatic carbocycles. The normalized spacial score (nSPS) is 13.4. The number of aryl methyl sites for hydroxylation is 1. The third-order valence-corrected chi connectivity index (χ3v) is 6.42. The van der Waals surface area contributed by atoms with Gasteiger partial charge in [-0.25, -0.2) is 0 Å². The van der Waals surface area contributed by atoms with Gasteiger partial charge in [-0.15, -0.1) is 5.10 Å². The van der Waals surface area contributed by atoms with Crippen molar-refractivity contribution in [1.29, 1.82) is 0 Å². The number of rotatable bonds is 8. The molecule has 0 radical (unpaired) electrons. The van der Waals surface area contributed by atoms with Gasteiger partial charge in [-0.3, -0.25) is 14.4 Å². The molecule has 0 bridgehead atoms. The van der Waals surface area contributed by atoms with Crippen LogP contribution < -0.4 is 16.0 Å². The van der Waals surface area contributed by atoms with Crippen molar-refractivity contribution in [3.63, 3.8) is 0 Å². The summed E-state index contributed by atoms with van der Waals surface area (Å²) in [6.45, 7) is 0. The third-order valence-electron chi connectivity index (χ3n) is 6.19. The molecule has 10 nitrogen and oxygen atoms in total. The quantitative estimate of drug-likeness (QED) is 0.292. The number of tetrazole rings is 1. The first-order chi connectivity index (χ1) is 18.9. The minimum Gasteiger partial charge on any atom is -0.340 e. The lowest BCUT2D eigenvalue weighted by Gasteiger charge is -2.20. The predicted molar refractivity (Wildman–Crippen MR) is 147 cm³/mol. The summed E-state index contributed by atoms with van der Waals surface area (Å²) in [4.78, 5) is 38.1. The van der Waals surface area contributed by atoms with Gasteiger partial charge in [0.15, 0.2) is 0 Å². The van der Waals surface area contributed by atoms with Gasteiger partial charge in [0.1, 0.15) is 12.4 Å². The van der Waals surface area contributed by atoms with Gasteiger partial charge in [-0.2, -0.15) is 4.68 Å². The summed E-state index contributed by atoms with van der Waals surface area (Å²) < 4.78 is 1.46. The Balaban J connectivity index is 1.34. The summed E-state index contributed by atoms with van der Waals surface area (Å²) in [6.07, 6.45) is 5.72. The molecule has 1 aliphatic rings. The zero-order valence-corrected chi connectivity index (χ0v) is 21.4. The van der Waals surface area contributed by atoms with Gasteiger partial charge in [0.05, 0.1) is 5.69 Å². The standard InChI is InChI=1S/C28H24ClN7O3/c29-21-9-11-25(36-17-30-34-35-36)20(15-21)8-13-27(38)33-24(14-18-4-2-1-3-5-18)28(39)31-22-10-6-19-7-12-26(37)32-23(19)16-22/h1-6,8-11,13,15-17,24H,7,12,14H2,(H,31,39)(H,32,37)(H,33,38)/t24-/m0/s1. The predicted octanol–water partition coefficient (Wildman–Crippen LogP) is 3.58. The van der Waals surface area contributed by atoms with Crippen LogP contribution in [-0.2, 0) is 27.2 Å². The summed E-state index contributed by atoms with van der Waals surface area (Å²) >= 11 is 6.17. The smallest absolute Gasteiger partial charge is 0.247 e. The van der Waals surface area contributed by atoms with E-state index in [9.17, 15) is 14.4 Å². The molecule has 1 aromatic heterocycles. The number of carbonyl (C=O) groups is 3. The fourth-order valence-electron chi connectivity index (χ4n) is 4.26. The Bertz CT molecular complexity index is 1540. The van der Waals surface area contributed by atoms with Crippen molar-refractivity contribution in [3.8, 4) is 5.69 Å². The summed E-state index contributed by atoms with van der Waals surface area (Å²) in [6, 6.07) is 19.1. The fourth-order valence-corrected chi connectivity index (χ4v) is 4.44. The van der Waals surface area contributed by atoms with Crippen LogP contribution >= 0.6 is 11.6 Å². The van der Waals surface area contributed by atoms with E-state index in [0.29, 0.717) is 40.5 Å². The molecule has 4 aromatic rings. The molecule has 11 heteroatoms. The Hall–Kier alpha value is -4.83. The molecule has 0 spiro atoms. The van der Waals surface area contributed by atoms with Crippen molar-refractivity contribution in [2.45, 2.75) is 25.3 Å². The Kier molecular flexibility index (Phi) is 7.74. The largest absolute Gasteiger partial charge is 0.340 e.